The predicted molar refractivity (Wildman–Crippen MR) is 160 cm³/mol. The summed E-state index contributed by atoms with van der Waals surface area (Å²) >= 11 is 12.2. The average Bonchev–Trinajstić information content (AvgIpc) is 3.62. The minimum absolute atomic E-state index is 0.0394. The number of carbonyl (C=O) groups is 2. The molecule has 1 aliphatic heterocycles. The molecular formula is C28H19BrClN5O3S2. The molecule has 200 valence electrons. The molecule has 0 bridgehead atoms. The number of pyridine rings is 1. The molecule has 1 N–H and O–H groups in total. The van der Waals surface area contributed by atoms with Crippen molar-refractivity contribution in [2.24, 2.45) is 0 Å². The average molecular weight is 653 g/mol. The molecule has 40 heavy (non-hydrogen) atoms. The summed E-state index contributed by atoms with van der Waals surface area (Å²) in [7, 11) is 0. The Bertz CT molecular complexity index is 1820. The van der Waals surface area contributed by atoms with Crippen molar-refractivity contribution in [3.05, 3.63) is 111 Å². The lowest BCUT2D eigenvalue weighted by Gasteiger charge is -2.22. The molecule has 8 nitrogen and oxygen atoms in total. The third kappa shape index (κ3) is 4.83. The highest BCUT2D eigenvalue weighted by atomic mass is 79.9. The highest BCUT2D eigenvalue weighted by Crippen LogP contribution is 2.44. The Morgan fingerprint density at radius 2 is 1.90 bits per heavy atom. The number of hydrogen-bond donors (Lipinski definition) is 1. The molecule has 0 aliphatic carbocycles. The number of benzene rings is 2. The van der Waals surface area contributed by atoms with Crippen LogP contribution in [0.15, 0.2) is 87.3 Å². The molecule has 0 radical (unpaired) electrons. The number of nitrogens with zero attached hydrogens (tertiary/aromatic N) is 5. The van der Waals surface area contributed by atoms with Crippen LogP contribution in [0.3, 0.4) is 0 Å². The minimum atomic E-state index is -0.923. The zero-order valence-electron chi connectivity index (χ0n) is 20.8. The van der Waals surface area contributed by atoms with Crippen LogP contribution in [-0.2, 0) is 15.3 Å². The Morgan fingerprint density at radius 1 is 1.10 bits per heavy atom. The zero-order chi connectivity index (χ0) is 28.0. The number of amides is 1. The first-order valence-electron chi connectivity index (χ1n) is 12.0. The molecule has 1 atom stereocenters. The summed E-state index contributed by atoms with van der Waals surface area (Å²) in [6, 6.07) is 19.3. The summed E-state index contributed by atoms with van der Waals surface area (Å²) in [6.07, 6.45) is 1.75. The molecule has 1 unspecified atom stereocenters. The second-order valence-electron chi connectivity index (χ2n) is 8.96. The van der Waals surface area contributed by atoms with Gasteiger partial charge < -0.3 is 5.11 Å². The number of anilines is 1. The Balaban J connectivity index is 1.43. The van der Waals surface area contributed by atoms with Gasteiger partial charge in [0.15, 0.2) is 10.1 Å². The van der Waals surface area contributed by atoms with Gasteiger partial charge in [0.25, 0.3) is 5.78 Å². The Kier molecular flexibility index (Phi) is 7.22. The second-order valence-corrected chi connectivity index (χ2v) is 12.5. The van der Waals surface area contributed by atoms with E-state index in [1.54, 1.807) is 35.7 Å². The summed E-state index contributed by atoms with van der Waals surface area (Å²) in [4.78, 5) is 33.0. The van der Waals surface area contributed by atoms with E-state index in [2.05, 4.69) is 31.1 Å². The lowest BCUT2D eigenvalue weighted by molar-refractivity contribution is -0.132. The fourth-order valence-corrected chi connectivity index (χ4v) is 7.00. The summed E-state index contributed by atoms with van der Waals surface area (Å²) < 4.78 is 3.10. The van der Waals surface area contributed by atoms with Crippen molar-refractivity contribution in [1.82, 2.24) is 19.6 Å². The van der Waals surface area contributed by atoms with E-state index in [1.165, 1.54) is 28.0 Å². The van der Waals surface area contributed by atoms with Crippen LogP contribution >= 0.6 is 50.6 Å². The van der Waals surface area contributed by atoms with Crippen LogP contribution in [0.1, 0.15) is 28.6 Å². The van der Waals surface area contributed by atoms with E-state index in [9.17, 15) is 14.7 Å². The minimum Gasteiger partial charge on any atom is -0.505 e. The van der Waals surface area contributed by atoms with Gasteiger partial charge in [0.2, 0.25) is 5.13 Å². The fourth-order valence-electron chi connectivity index (χ4n) is 4.63. The SMILES string of the molecule is Cc1nc2ccccn2c1C(O)=C1C(=O)C(=O)N(c2nnc(SCc3ccc(Cl)cc3)s2)C1c1cccc(Br)c1. The third-order valence-electron chi connectivity index (χ3n) is 6.41. The first-order valence-corrected chi connectivity index (χ1v) is 15.0. The van der Waals surface area contributed by atoms with Crippen LogP contribution in [-0.4, -0.2) is 36.4 Å². The molecule has 0 saturated carbocycles. The number of aromatic nitrogens is 4. The van der Waals surface area contributed by atoms with Crippen LogP contribution in [0.2, 0.25) is 5.02 Å². The maximum Gasteiger partial charge on any atom is 0.301 e. The highest BCUT2D eigenvalue weighted by molar-refractivity contribution is 9.10. The van der Waals surface area contributed by atoms with Gasteiger partial charge in [-0.1, -0.05) is 81.0 Å². The monoisotopic (exact) mass is 651 g/mol. The molecule has 12 heteroatoms. The van der Waals surface area contributed by atoms with Crippen LogP contribution in [0.25, 0.3) is 11.4 Å². The van der Waals surface area contributed by atoms with E-state index in [-0.39, 0.29) is 16.5 Å². The van der Waals surface area contributed by atoms with Crippen molar-refractivity contribution in [3.8, 4) is 0 Å². The standard InChI is InChI=1S/C28H19BrClN5O3S2/c1-15-22(34-12-3-2-7-20(34)31-15)24(36)21-23(17-5-4-6-18(29)13-17)35(26(38)25(21)37)27-32-33-28(40-27)39-14-16-8-10-19(30)11-9-16/h2-13,23,36H,14H2,1H3. The van der Waals surface area contributed by atoms with Crippen molar-refractivity contribution in [1.29, 1.82) is 0 Å². The van der Waals surface area contributed by atoms with Gasteiger partial charge in [-0.3, -0.25) is 18.9 Å². The second kappa shape index (κ2) is 10.8. The van der Waals surface area contributed by atoms with Crippen molar-refractivity contribution in [2.75, 3.05) is 4.90 Å². The summed E-state index contributed by atoms with van der Waals surface area (Å²) in [6.45, 7) is 1.75. The van der Waals surface area contributed by atoms with Gasteiger partial charge in [0.1, 0.15) is 11.3 Å². The molecule has 0 spiro atoms. The zero-order valence-corrected chi connectivity index (χ0v) is 24.8. The molecule has 1 fully saturated rings. The number of Topliss-reactive ketones (excluding diaryl/α,β-unsaturated/α-hetero) is 1. The smallest absolute Gasteiger partial charge is 0.301 e. The summed E-state index contributed by atoms with van der Waals surface area (Å²) in [5, 5.41) is 21.1. The maximum atomic E-state index is 13.6. The van der Waals surface area contributed by atoms with Gasteiger partial charge in [-0.15, -0.1) is 10.2 Å². The molecule has 5 aromatic rings. The number of fused-ring (bicyclic) bond motifs is 1. The molecule has 4 heterocycles. The summed E-state index contributed by atoms with van der Waals surface area (Å²) in [5.41, 5.74) is 3.14. The van der Waals surface area contributed by atoms with Gasteiger partial charge in [-0.05, 0) is 54.4 Å². The lowest BCUT2D eigenvalue weighted by atomic mass is 9.96. The number of carbonyl (C=O) groups excluding carboxylic acids is 2. The molecule has 1 aliphatic rings. The van der Waals surface area contributed by atoms with E-state index in [1.807, 2.05) is 48.5 Å². The largest absolute Gasteiger partial charge is 0.505 e. The number of aryl methyl sites for hydroxylation is 1. The molecular weight excluding hydrogens is 634 g/mol. The highest BCUT2D eigenvalue weighted by Gasteiger charge is 2.49. The van der Waals surface area contributed by atoms with Gasteiger partial charge in [-0.2, -0.15) is 0 Å². The number of rotatable bonds is 6. The number of halogens is 2. The van der Waals surface area contributed by atoms with Crippen molar-refractivity contribution in [2.45, 2.75) is 23.1 Å². The number of aliphatic hydroxyl groups is 1. The molecule has 3 aromatic heterocycles. The van der Waals surface area contributed by atoms with Gasteiger partial charge in [0.05, 0.1) is 17.3 Å². The van der Waals surface area contributed by atoms with Gasteiger partial charge in [0, 0.05) is 21.4 Å². The molecule has 1 saturated heterocycles. The van der Waals surface area contributed by atoms with E-state index in [0.717, 1.165) is 10.0 Å². The van der Waals surface area contributed by atoms with Gasteiger partial charge in [-0.25, -0.2) is 4.98 Å². The van der Waals surface area contributed by atoms with E-state index in [0.29, 0.717) is 37.7 Å². The van der Waals surface area contributed by atoms with E-state index < -0.39 is 17.7 Å². The summed E-state index contributed by atoms with van der Waals surface area (Å²) in [5.74, 6) is -1.27. The van der Waals surface area contributed by atoms with Crippen molar-refractivity contribution < 1.29 is 14.7 Å². The topological polar surface area (TPSA) is 101 Å². The van der Waals surface area contributed by atoms with Crippen molar-refractivity contribution in [3.63, 3.8) is 0 Å². The molecule has 1 amide bonds. The fraction of sp³-hybridized carbons (Fsp3) is 0.107. The number of hydrogen-bond acceptors (Lipinski definition) is 8. The van der Waals surface area contributed by atoms with E-state index >= 15 is 0 Å². The van der Waals surface area contributed by atoms with Crippen LogP contribution in [0.5, 0.6) is 0 Å². The Morgan fingerprint density at radius 3 is 2.67 bits per heavy atom. The lowest BCUT2D eigenvalue weighted by Crippen LogP contribution is -2.29. The maximum absolute atomic E-state index is 13.6. The quantitative estimate of drug-likeness (QED) is 0.0706. The first kappa shape index (κ1) is 26.7. The van der Waals surface area contributed by atoms with Gasteiger partial charge >= 0.3 is 5.91 Å². The predicted octanol–water partition coefficient (Wildman–Crippen LogP) is 6.83. The van der Waals surface area contributed by atoms with Crippen LogP contribution in [0.4, 0.5) is 5.13 Å². The first-order chi connectivity index (χ1) is 19.3. The molecule has 2 aromatic carbocycles. The van der Waals surface area contributed by atoms with Crippen LogP contribution in [0, 0.1) is 6.92 Å². The molecule has 6 rings (SSSR count). The number of aliphatic hydroxyl groups excluding tert-OH is 1. The normalized spacial score (nSPS) is 16.8. The number of ketones is 1. The third-order valence-corrected chi connectivity index (χ3v) is 9.29. The van der Waals surface area contributed by atoms with E-state index in [4.69, 9.17) is 11.6 Å². The Labute approximate surface area is 250 Å². The van der Waals surface area contributed by atoms with Crippen molar-refractivity contribution >= 4 is 78.9 Å². The van der Waals surface area contributed by atoms with Crippen LogP contribution < -0.4 is 4.90 Å². The Hall–Kier alpha value is -3.51. The number of thioether (sulfide) groups is 1. The number of imidazole rings is 1.